The fraction of sp³-hybridized carbons (Fsp3) is 0. The minimum Gasteiger partial charge on any atom is -0.256 e. The van der Waals surface area contributed by atoms with Gasteiger partial charge in [-0.2, -0.15) is 5.26 Å². The van der Waals surface area contributed by atoms with Gasteiger partial charge in [0.15, 0.2) is 0 Å². The number of fused-ring (bicyclic) bond motifs is 3. The lowest BCUT2D eigenvalue weighted by atomic mass is 10.0. The molecule has 3 rings (SSSR count). The van der Waals surface area contributed by atoms with Gasteiger partial charge >= 0.3 is 0 Å². The van der Waals surface area contributed by atoms with Gasteiger partial charge in [0.05, 0.1) is 11.8 Å². The molecule has 0 bridgehead atoms. The Morgan fingerprint density at radius 3 is 2.56 bits per heavy atom. The van der Waals surface area contributed by atoms with Crippen LogP contribution in [0.4, 0.5) is 0 Å². The van der Waals surface area contributed by atoms with Crippen molar-refractivity contribution >= 4 is 5.57 Å². The van der Waals surface area contributed by atoms with Gasteiger partial charge in [-0.1, -0.05) is 30.3 Å². The lowest BCUT2D eigenvalue weighted by molar-refractivity contribution is 1.33. The third-order valence-corrected chi connectivity index (χ3v) is 2.78. The Morgan fingerprint density at radius 2 is 1.75 bits per heavy atom. The summed E-state index contributed by atoms with van der Waals surface area (Å²) in [5.74, 6) is 0. The van der Waals surface area contributed by atoms with Crippen molar-refractivity contribution in [1.82, 2.24) is 4.98 Å². The number of aromatic nitrogens is 1. The molecule has 2 nitrogen and oxygen atoms in total. The van der Waals surface area contributed by atoms with Crippen LogP contribution >= 0.6 is 0 Å². The summed E-state index contributed by atoms with van der Waals surface area (Å²) in [4.78, 5) is 4.38. The van der Waals surface area contributed by atoms with Gasteiger partial charge in [0.2, 0.25) is 0 Å². The highest BCUT2D eigenvalue weighted by Crippen LogP contribution is 2.42. The van der Waals surface area contributed by atoms with Crippen molar-refractivity contribution in [2.45, 2.75) is 0 Å². The molecular formula is C14H8N2. The maximum absolute atomic E-state index is 8.83. The van der Waals surface area contributed by atoms with Crippen LogP contribution in [0.2, 0.25) is 0 Å². The summed E-state index contributed by atoms with van der Waals surface area (Å²) < 4.78 is 0. The normalized spacial score (nSPS) is 14.3. The molecule has 2 heteroatoms. The highest BCUT2D eigenvalue weighted by atomic mass is 14.7. The second-order valence-corrected chi connectivity index (χ2v) is 3.63. The lowest BCUT2D eigenvalue weighted by Crippen LogP contribution is -1.81. The van der Waals surface area contributed by atoms with Crippen LogP contribution in [0.25, 0.3) is 16.8 Å². The predicted molar refractivity (Wildman–Crippen MR) is 62.4 cm³/mol. The molecule has 0 saturated carbocycles. The molecule has 0 saturated heterocycles. The number of nitrogens with zero attached hydrogens (tertiary/aromatic N) is 2. The number of hydrogen-bond acceptors (Lipinski definition) is 2. The van der Waals surface area contributed by atoms with Crippen LogP contribution in [-0.4, -0.2) is 4.98 Å². The summed E-state index contributed by atoms with van der Waals surface area (Å²) in [6.45, 7) is 0. The number of benzene rings is 1. The molecule has 0 unspecified atom stereocenters. The molecule has 1 heterocycles. The van der Waals surface area contributed by atoms with Crippen molar-refractivity contribution in [1.29, 1.82) is 5.26 Å². The molecule has 1 aliphatic carbocycles. The van der Waals surface area contributed by atoms with E-state index >= 15 is 0 Å². The zero-order valence-electron chi connectivity index (χ0n) is 8.51. The first kappa shape index (κ1) is 8.87. The summed E-state index contributed by atoms with van der Waals surface area (Å²) >= 11 is 0. The molecule has 1 aromatic carbocycles. The van der Waals surface area contributed by atoms with Gasteiger partial charge in [-0.15, -0.1) is 0 Å². The molecule has 0 fully saturated rings. The Kier molecular flexibility index (Phi) is 1.84. The fourth-order valence-electron chi connectivity index (χ4n) is 2.13. The van der Waals surface area contributed by atoms with E-state index in [-0.39, 0.29) is 0 Å². The number of allylic oxidation sites excluding steroid dienone is 1. The van der Waals surface area contributed by atoms with Crippen molar-refractivity contribution in [3.63, 3.8) is 0 Å². The Labute approximate surface area is 93.5 Å². The molecule has 1 aromatic heterocycles. The van der Waals surface area contributed by atoms with Gasteiger partial charge < -0.3 is 0 Å². The zero-order valence-corrected chi connectivity index (χ0v) is 8.51. The van der Waals surface area contributed by atoms with E-state index < -0.39 is 0 Å². The van der Waals surface area contributed by atoms with E-state index in [0.29, 0.717) is 0 Å². The maximum Gasteiger partial charge on any atom is 0.0918 e. The summed E-state index contributed by atoms with van der Waals surface area (Å²) in [5.41, 5.74) is 5.20. The van der Waals surface area contributed by atoms with Crippen LogP contribution in [0.5, 0.6) is 0 Å². The van der Waals surface area contributed by atoms with Crippen molar-refractivity contribution in [2.24, 2.45) is 0 Å². The molecule has 0 spiro atoms. The number of hydrogen-bond donors (Lipinski definition) is 0. The average Bonchev–Trinajstić information content (AvgIpc) is 2.66. The number of nitriles is 1. The van der Waals surface area contributed by atoms with Crippen molar-refractivity contribution in [3.8, 4) is 17.3 Å². The Bertz CT molecular complexity index is 586. The third kappa shape index (κ3) is 1.09. The Hall–Kier alpha value is -2.40. The minimum absolute atomic E-state index is 0.972. The van der Waals surface area contributed by atoms with E-state index in [1.54, 1.807) is 12.3 Å². The topological polar surface area (TPSA) is 36.7 Å². The SMILES string of the molecule is N#C/C=C1/c2ccccc2-c2ncccc21. The Morgan fingerprint density at radius 1 is 1.00 bits per heavy atom. The molecule has 1 aliphatic rings. The van der Waals surface area contributed by atoms with E-state index in [1.165, 1.54) is 0 Å². The summed E-state index contributed by atoms with van der Waals surface area (Å²) in [7, 11) is 0. The van der Waals surface area contributed by atoms with Crippen LogP contribution in [0, 0.1) is 11.3 Å². The largest absolute Gasteiger partial charge is 0.256 e. The van der Waals surface area contributed by atoms with Gasteiger partial charge in [-0.05, 0) is 11.6 Å². The van der Waals surface area contributed by atoms with Crippen molar-refractivity contribution in [3.05, 3.63) is 59.8 Å². The van der Waals surface area contributed by atoms with Crippen LogP contribution in [0.1, 0.15) is 11.1 Å². The van der Waals surface area contributed by atoms with E-state index in [1.807, 2.05) is 36.4 Å². The summed E-state index contributed by atoms with van der Waals surface area (Å²) in [6.07, 6.45) is 3.37. The molecule has 0 aliphatic heterocycles. The van der Waals surface area contributed by atoms with Gasteiger partial charge in [-0.25, -0.2) is 0 Å². The summed E-state index contributed by atoms with van der Waals surface area (Å²) in [6, 6.07) is 14.0. The first-order chi connectivity index (χ1) is 7.92. The van der Waals surface area contributed by atoms with Crippen molar-refractivity contribution < 1.29 is 0 Å². The number of rotatable bonds is 0. The smallest absolute Gasteiger partial charge is 0.0918 e. The molecule has 2 aromatic rings. The molecular weight excluding hydrogens is 196 g/mol. The zero-order chi connectivity index (χ0) is 11.0. The maximum atomic E-state index is 8.83. The highest BCUT2D eigenvalue weighted by molar-refractivity contribution is 6.00. The van der Waals surface area contributed by atoms with Crippen LogP contribution in [0.3, 0.4) is 0 Å². The van der Waals surface area contributed by atoms with Gasteiger partial charge in [0.25, 0.3) is 0 Å². The number of pyridine rings is 1. The van der Waals surface area contributed by atoms with Gasteiger partial charge in [0.1, 0.15) is 0 Å². The van der Waals surface area contributed by atoms with Crippen LogP contribution in [0.15, 0.2) is 48.7 Å². The first-order valence-corrected chi connectivity index (χ1v) is 5.07. The molecule has 0 N–H and O–H groups in total. The fourth-order valence-corrected chi connectivity index (χ4v) is 2.13. The third-order valence-electron chi connectivity index (χ3n) is 2.78. The molecule has 74 valence electrons. The van der Waals surface area contributed by atoms with E-state index in [2.05, 4.69) is 11.1 Å². The molecule has 0 radical (unpaired) electrons. The monoisotopic (exact) mass is 204 g/mol. The summed E-state index contributed by atoms with van der Waals surface area (Å²) in [5, 5.41) is 8.83. The van der Waals surface area contributed by atoms with E-state index in [4.69, 9.17) is 5.26 Å². The van der Waals surface area contributed by atoms with E-state index in [9.17, 15) is 0 Å². The average molecular weight is 204 g/mol. The molecule has 0 atom stereocenters. The van der Waals surface area contributed by atoms with Crippen LogP contribution < -0.4 is 0 Å². The first-order valence-electron chi connectivity index (χ1n) is 5.07. The molecule has 0 amide bonds. The second-order valence-electron chi connectivity index (χ2n) is 3.63. The second kappa shape index (κ2) is 3.32. The minimum atomic E-state index is 0.972. The quantitative estimate of drug-likeness (QED) is 0.528. The highest BCUT2D eigenvalue weighted by Gasteiger charge is 2.23. The van der Waals surface area contributed by atoms with E-state index in [0.717, 1.165) is 28.0 Å². The van der Waals surface area contributed by atoms with Gasteiger partial charge in [0, 0.05) is 29.0 Å². The Balaban J connectivity index is 2.40. The van der Waals surface area contributed by atoms with Gasteiger partial charge in [-0.3, -0.25) is 4.98 Å². The standard InChI is InChI=1S/C14H8N2/c15-8-7-11-10-4-1-2-5-12(10)14-13(11)6-3-9-16-14/h1-7,9H/b11-7-. The lowest BCUT2D eigenvalue weighted by Gasteiger charge is -1.97. The van der Waals surface area contributed by atoms with Crippen molar-refractivity contribution in [2.75, 3.05) is 0 Å². The predicted octanol–water partition coefficient (Wildman–Crippen LogP) is 3.02. The molecule has 16 heavy (non-hydrogen) atoms. The van der Waals surface area contributed by atoms with Crippen LogP contribution in [-0.2, 0) is 0 Å².